The van der Waals surface area contributed by atoms with E-state index in [-0.39, 0.29) is 5.92 Å². The SMILES string of the molecule is N#CC1C2NC3CCCCC3C2CC2NC3CCCCC3C21. The fourth-order valence-electron chi connectivity index (χ4n) is 7.16. The summed E-state index contributed by atoms with van der Waals surface area (Å²) in [5, 5.41) is 17.9. The fraction of sp³-hybridized carbons (Fsp3) is 0.947. The van der Waals surface area contributed by atoms with Crippen LogP contribution >= 0.6 is 0 Å². The molecule has 22 heavy (non-hydrogen) atoms. The van der Waals surface area contributed by atoms with Crippen molar-refractivity contribution in [2.24, 2.45) is 29.6 Å². The molecule has 3 aliphatic carbocycles. The average Bonchev–Trinajstić information content (AvgIpc) is 3.11. The molecule has 5 rings (SSSR count). The van der Waals surface area contributed by atoms with E-state index in [1.807, 2.05) is 0 Å². The molecule has 0 spiro atoms. The summed E-state index contributed by atoms with van der Waals surface area (Å²) < 4.78 is 0. The van der Waals surface area contributed by atoms with Crippen molar-refractivity contribution in [1.29, 1.82) is 5.26 Å². The van der Waals surface area contributed by atoms with Gasteiger partial charge in [0.25, 0.3) is 0 Å². The lowest BCUT2D eigenvalue weighted by Gasteiger charge is -2.42. The third-order valence-corrected chi connectivity index (χ3v) is 7.92. The molecule has 0 amide bonds. The molecule has 9 unspecified atom stereocenters. The molecular weight excluding hydrogens is 270 g/mol. The summed E-state index contributed by atoms with van der Waals surface area (Å²) in [5.74, 6) is 3.30. The predicted molar refractivity (Wildman–Crippen MR) is 86.0 cm³/mol. The van der Waals surface area contributed by atoms with Gasteiger partial charge in [0.15, 0.2) is 0 Å². The van der Waals surface area contributed by atoms with Gasteiger partial charge in [-0.25, -0.2) is 0 Å². The third kappa shape index (κ3) is 1.86. The van der Waals surface area contributed by atoms with E-state index in [0.717, 1.165) is 29.8 Å². The van der Waals surface area contributed by atoms with Gasteiger partial charge in [-0.2, -0.15) is 5.26 Å². The fourth-order valence-corrected chi connectivity index (χ4v) is 7.16. The van der Waals surface area contributed by atoms with Gasteiger partial charge in [0, 0.05) is 24.2 Å². The minimum Gasteiger partial charge on any atom is -0.311 e. The summed E-state index contributed by atoms with van der Waals surface area (Å²) in [5.41, 5.74) is 0. The van der Waals surface area contributed by atoms with E-state index in [4.69, 9.17) is 0 Å². The highest BCUT2D eigenvalue weighted by atomic mass is 15.1. The van der Waals surface area contributed by atoms with Crippen LogP contribution in [0.3, 0.4) is 0 Å². The molecule has 0 bridgehead atoms. The number of nitriles is 1. The van der Waals surface area contributed by atoms with Crippen molar-refractivity contribution >= 4 is 0 Å². The number of nitrogens with one attached hydrogen (secondary N) is 2. The minimum absolute atomic E-state index is 0.259. The summed E-state index contributed by atoms with van der Waals surface area (Å²) in [6, 6.07) is 5.37. The Kier molecular flexibility index (Phi) is 3.27. The van der Waals surface area contributed by atoms with E-state index in [1.54, 1.807) is 0 Å². The quantitative estimate of drug-likeness (QED) is 0.723. The number of fused-ring (bicyclic) bond motifs is 6. The smallest absolute Gasteiger partial charge is 0.0676 e. The van der Waals surface area contributed by atoms with E-state index < -0.39 is 0 Å². The summed E-state index contributed by atoms with van der Waals surface area (Å²) in [7, 11) is 0. The van der Waals surface area contributed by atoms with Crippen molar-refractivity contribution in [1.82, 2.24) is 10.6 Å². The van der Waals surface area contributed by atoms with Gasteiger partial charge >= 0.3 is 0 Å². The Balaban J connectivity index is 1.45. The Labute approximate surface area is 134 Å². The van der Waals surface area contributed by atoms with Gasteiger partial charge in [-0.1, -0.05) is 25.7 Å². The molecule has 3 heteroatoms. The maximum Gasteiger partial charge on any atom is 0.0676 e. The van der Waals surface area contributed by atoms with E-state index in [0.29, 0.717) is 18.0 Å². The Morgan fingerprint density at radius 3 is 2.18 bits per heavy atom. The summed E-state index contributed by atoms with van der Waals surface area (Å²) in [4.78, 5) is 0. The zero-order valence-corrected chi connectivity index (χ0v) is 13.5. The standard InChI is InChI=1S/C19H29N3/c20-10-14-18-12-6-2-4-8-16(12)21-17(18)9-13-11-5-1-3-7-15(11)22-19(13)14/h11-19,21-22H,1-9H2. The van der Waals surface area contributed by atoms with E-state index in [9.17, 15) is 5.26 Å². The van der Waals surface area contributed by atoms with Gasteiger partial charge in [0.1, 0.15) is 0 Å². The van der Waals surface area contributed by atoms with Crippen molar-refractivity contribution in [3.05, 3.63) is 0 Å². The van der Waals surface area contributed by atoms with Gasteiger partial charge in [-0.15, -0.1) is 0 Å². The highest BCUT2D eigenvalue weighted by Crippen LogP contribution is 2.53. The van der Waals surface area contributed by atoms with Gasteiger partial charge in [0.2, 0.25) is 0 Å². The molecule has 120 valence electrons. The van der Waals surface area contributed by atoms with Gasteiger partial charge in [0.05, 0.1) is 12.0 Å². The summed E-state index contributed by atoms with van der Waals surface area (Å²) in [6.07, 6.45) is 12.4. The molecule has 0 aromatic heterocycles. The van der Waals surface area contributed by atoms with Crippen LogP contribution in [-0.4, -0.2) is 24.2 Å². The molecule has 2 aliphatic heterocycles. The second-order valence-corrected chi connectivity index (χ2v) is 8.71. The molecule has 5 fully saturated rings. The van der Waals surface area contributed by atoms with Crippen LogP contribution in [0.2, 0.25) is 0 Å². The Hall–Kier alpha value is -0.590. The van der Waals surface area contributed by atoms with Crippen LogP contribution in [0.25, 0.3) is 0 Å². The first-order chi connectivity index (χ1) is 10.9. The van der Waals surface area contributed by atoms with Crippen molar-refractivity contribution < 1.29 is 0 Å². The van der Waals surface area contributed by atoms with Crippen LogP contribution < -0.4 is 10.6 Å². The summed E-state index contributed by atoms with van der Waals surface area (Å²) >= 11 is 0. The van der Waals surface area contributed by atoms with Gasteiger partial charge in [-0.05, 0) is 55.8 Å². The largest absolute Gasteiger partial charge is 0.311 e. The van der Waals surface area contributed by atoms with Crippen LogP contribution in [0.5, 0.6) is 0 Å². The van der Waals surface area contributed by atoms with Crippen LogP contribution in [0.15, 0.2) is 0 Å². The zero-order valence-electron chi connectivity index (χ0n) is 13.5. The first-order valence-electron chi connectivity index (χ1n) is 9.78. The van der Waals surface area contributed by atoms with Gasteiger partial charge < -0.3 is 10.6 Å². The first-order valence-corrected chi connectivity index (χ1v) is 9.78. The Morgan fingerprint density at radius 2 is 1.41 bits per heavy atom. The number of nitrogens with zero attached hydrogens (tertiary/aromatic N) is 1. The van der Waals surface area contributed by atoms with Crippen LogP contribution in [-0.2, 0) is 0 Å². The average molecular weight is 299 g/mol. The molecular formula is C19H29N3. The number of hydrogen-bond acceptors (Lipinski definition) is 3. The third-order valence-electron chi connectivity index (χ3n) is 7.92. The lowest BCUT2D eigenvalue weighted by Crippen LogP contribution is -2.50. The molecule has 2 heterocycles. The lowest BCUT2D eigenvalue weighted by atomic mass is 9.61. The van der Waals surface area contributed by atoms with E-state index >= 15 is 0 Å². The van der Waals surface area contributed by atoms with Crippen molar-refractivity contribution in [3.8, 4) is 6.07 Å². The lowest BCUT2D eigenvalue weighted by molar-refractivity contribution is 0.115. The van der Waals surface area contributed by atoms with Crippen LogP contribution in [0.1, 0.15) is 57.8 Å². The Morgan fingerprint density at radius 1 is 0.727 bits per heavy atom. The monoisotopic (exact) mass is 299 g/mol. The molecule has 0 aromatic carbocycles. The van der Waals surface area contributed by atoms with Crippen LogP contribution in [0.4, 0.5) is 0 Å². The summed E-state index contributed by atoms with van der Waals surface area (Å²) in [6.45, 7) is 0. The zero-order chi connectivity index (χ0) is 14.7. The van der Waals surface area contributed by atoms with Crippen molar-refractivity contribution in [3.63, 3.8) is 0 Å². The van der Waals surface area contributed by atoms with Gasteiger partial charge in [-0.3, -0.25) is 0 Å². The molecule has 5 aliphatic rings. The molecule has 3 nitrogen and oxygen atoms in total. The number of hydrogen-bond donors (Lipinski definition) is 2. The van der Waals surface area contributed by atoms with Crippen LogP contribution in [0, 0.1) is 40.9 Å². The maximum atomic E-state index is 9.99. The number of rotatable bonds is 0. The van der Waals surface area contributed by atoms with Crippen molar-refractivity contribution in [2.45, 2.75) is 82.0 Å². The highest BCUT2D eigenvalue weighted by molar-refractivity contribution is 5.17. The molecule has 2 saturated heterocycles. The predicted octanol–water partition coefficient (Wildman–Crippen LogP) is 2.82. The Bertz CT molecular complexity index is 482. The molecule has 9 atom stereocenters. The highest BCUT2D eigenvalue weighted by Gasteiger charge is 2.58. The minimum atomic E-state index is 0.259. The van der Waals surface area contributed by atoms with E-state index in [1.165, 1.54) is 57.8 Å². The molecule has 0 aromatic rings. The van der Waals surface area contributed by atoms with Crippen molar-refractivity contribution in [2.75, 3.05) is 0 Å². The molecule has 3 saturated carbocycles. The second-order valence-electron chi connectivity index (χ2n) is 8.71. The molecule has 2 N–H and O–H groups in total. The maximum absolute atomic E-state index is 9.99. The topological polar surface area (TPSA) is 47.9 Å². The van der Waals surface area contributed by atoms with E-state index in [2.05, 4.69) is 16.7 Å². The first kappa shape index (κ1) is 13.8. The second kappa shape index (κ2) is 5.21. The normalized spacial score (nSPS) is 56.4. The molecule has 0 radical (unpaired) electrons.